The number of carbonyl (C=O) groups is 1. The number of hydrogen-bond donors (Lipinski definition) is 1. The van der Waals surface area contributed by atoms with E-state index in [0.717, 1.165) is 11.0 Å². The van der Waals surface area contributed by atoms with Gasteiger partial charge >= 0.3 is 0 Å². The van der Waals surface area contributed by atoms with E-state index in [0.29, 0.717) is 6.73 Å². The number of nitrogens with zero attached hydrogens (tertiary/aromatic N) is 1. The van der Waals surface area contributed by atoms with Gasteiger partial charge in [-0.25, -0.2) is 0 Å². The Kier molecular flexibility index (Phi) is 2.04. The van der Waals surface area contributed by atoms with Crippen LogP contribution in [0, 0.1) is 0 Å². The highest BCUT2D eigenvalue weighted by Crippen LogP contribution is 2.17. The zero-order valence-corrected chi connectivity index (χ0v) is 5.74. The highest BCUT2D eigenvalue weighted by atomic mass is 33.1. The van der Waals surface area contributed by atoms with Crippen LogP contribution in [-0.2, 0) is 9.53 Å². The average Bonchev–Trinajstić information content (AvgIpc) is 2.14. The Morgan fingerprint density at radius 1 is 1.88 bits per heavy atom. The van der Waals surface area contributed by atoms with Gasteiger partial charge in [0.1, 0.15) is 13.3 Å². The summed E-state index contributed by atoms with van der Waals surface area (Å²) in [7, 11) is 1.09. The second-order valence-electron chi connectivity index (χ2n) is 1.33. The lowest BCUT2D eigenvalue weighted by molar-refractivity contribution is -0.122. The lowest BCUT2D eigenvalue weighted by Crippen LogP contribution is -2.15. The Labute approximate surface area is 56.3 Å². The van der Waals surface area contributed by atoms with Crippen molar-refractivity contribution in [1.82, 2.24) is 4.31 Å². The minimum Gasteiger partial charge on any atom is -0.350 e. The van der Waals surface area contributed by atoms with E-state index in [4.69, 9.17) is 4.74 Å². The van der Waals surface area contributed by atoms with Gasteiger partial charge in [-0.15, -0.1) is 0 Å². The molecule has 0 saturated carbocycles. The summed E-state index contributed by atoms with van der Waals surface area (Å²) in [5, 5.41) is 0. The second kappa shape index (κ2) is 2.61. The highest BCUT2D eigenvalue weighted by molar-refractivity contribution is 8.67. The van der Waals surface area contributed by atoms with Crippen LogP contribution in [0.25, 0.3) is 0 Å². The summed E-state index contributed by atoms with van der Waals surface area (Å²) in [4.78, 5) is 10.5. The van der Waals surface area contributed by atoms with Gasteiger partial charge in [0.2, 0.25) is 0 Å². The third kappa shape index (κ3) is 1.10. The maximum absolute atomic E-state index is 10.5. The molecule has 1 saturated heterocycles. The van der Waals surface area contributed by atoms with Crippen LogP contribution < -0.4 is 0 Å². The normalized spacial score (nSPS) is 20.1. The number of ether oxygens (including phenoxy) is 1. The Bertz CT molecular complexity index is 107. The maximum atomic E-state index is 10.5. The molecule has 8 heavy (non-hydrogen) atoms. The Morgan fingerprint density at radius 3 is 2.88 bits per heavy atom. The van der Waals surface area contributed by atoms with Crippen LogP contribution in [0.1, 0.15) is 0 Å². The van der Waals surface area contributed by atoms with Crippen LogP contribution in [0.5, 0.6) is 0 Å². The SMILES string of the molecule is O=C1COCN1SS. The van der Waals surface area contributed by atoms with E-state index in [2.05, 4.69) is 11.7 Å². The summed E-state index contributed by atoms with van der Waals surface area (Å²) in [6.45, 7) is 0.570. The summed E-state index contributed by atoms with van der Waals surface area (Å²) in [6, 6.07) is 0. The Hall–Kier alpha value is 0.130. The molecule has 1 rings (SSSR count). The molecule has 0 aromatic heterocycles. The van der Waals surface area contributed by atoms with Crippen molar-refractivity contribution in [1.29, 1.82) is 0 Å². The van der Waals surface area contributed by atoms with Crippen LogP contribution in [0.15, 0.2) is 0 Å². The molecule has 0 aromatic rings. The third-order valence-electron chi connectivity index (χ3n) is 0.811. The molecule has 0 radical (unpaired) electrons. The van der Waals surface area contributed by atoms with Gasteiger partial charge < -0.3 is 4.74 Å². The predicted molar refractivity (Wildman–Crippen MR) is 34.2 cm³/mol. The molecule has 0 N–H and O–H groups in total. The summed E-state index contributed by atoms with van der Waals surface area (Å²) < 4.78 is 6.21. The molecule has 0 bridgehead atoms. The number of carbonyl (C=O) groups excluding carboxylic acids is 1. The van der Waals surface area contributed by atoms with E-state index in [-0.39, 0.29) is 12.5 Å². The van der Waals surface area contributed by atoms with Crippen molar-refractivity contribution < 1.29 is 9.53 Å². The number of thiol groups is 1. The van der Waals surface area contributed by atoms with E-state index < -0.39 is 0 Å². The van der Waals surface area contributed by atoms with Crippen molar-refractivity contribution in [3.05, 3.63) is 0 Å². The number of rotatable bonds is 1. The first-order valence-corrected chi connectivity index (χ1v) is 3.87. The van der Waals surface area contributed by atoms with Gasteiger partial charge in [0.05, 0.1) is 0 Å². The van der Waals surface area contributed by atoms with Gasteiger partial charge in [-0.3, -0.25) is 9.10 Å². The van der Waals surface area contributed by atoms with Gasteiger partial charge in [0.15, 0.2) is 0 Å². The van der Waals surface area contributed by atoms with Crippen molar-refractivity contribution in [2.45, 2.75) is 0 Å². The largest absolute Gasteiger partial charge is 0.350 e. The molecule has 0 spiro atoms. The predicted octanol–water partition coefficient (Wildman–Crippen LogP) is 0.296. The average molecular weight is 151 g/mol. The maximum Gasteiger partial charge on any atom is 0.261 e. The first kappa shape index (κ1) is 6.25. The molecule has 1 aliphatic heterocycles. The molecule has 1 fully saturated rings. The van der Waals surface area contributed by atoms with E-state index in [1.165, 1.54) is 4.31 Å². The lowest BCUT2D eigenvalue weighted by atomic mass is 10.7. The Balaban J connectivity index is 2.42. The first-order valence-electron chi connectivity index (χ1n) is 2.04. The van der Waals surface area contributed by atoms with Gasteiger partial charge in [-0.1, -0.05) is 11.7 Å². The van der Waals surface area contributed by atoms with Crippen molar-refractivity contribution in [2.75, 3.05) is 13.3 Å². The highest BCUT2D eigenvalue weighted by Gasteiger charge is 2.19. The smallest absolute Gasteiger partial charge is 0.261 e. The molecule has 1 amide bonds. The number of hydrogen-bond acceptors (Lipinski definition) is 4. The van der Waals surface area contributed by atoms with Crippen LogP contribution in [0.4, 0.5) is 0 Å². The molecule has 3 nitrogen and oxygen atoms in total. The van der Waals surface area contributed by atoms with E-state index in [9.17, 15) is 4.79 Å². The second-order valence-corrected chi connectivity index (χ2v) is 2.43. The molecular weight excluding hydrogens is 146 g/mol. The van der Waals surface area contributed by atoms with Crippen LogP contribution in [0.3, 0.4) is 0 Å². The van der Waals surface area contributed by atoms with Crippen LogP contribution >= 0.6 is 22.6 Å². The van der Waals surface area contributed by atoms with E-state index in [1.54, 1.807) is 0 Å². The minimum atomic E-state index is -0.00926. The molecule has 0 atom stereocenters. The molecule has 0 aromatic carbocycles. The van der Waals surface area contributed by atoms with E-state index in [1.807, 2.05) is 0 Å². The molecule has 0 unspecified atom stereocenters. The quantitative estimate of drug-likeness (QED) is 0.332. The number of amides is 1. The zero-order valence-electron chi connectivity index (χ0n) is 4.03. The minimum absolute atomic E-state index is 0.00926. The molecular formula is C3H5NO2S2. The standard InChI is InChI=1S/C3H5NO2S2/c5-3-1-6-2-4(3)8-7/h7H,1-2H2. The van der Waals surface area contributed by atoms with Gasteiger partial charge in [0.25, 0.3) is 5.91 Å². The molecule has 1 aliphatic rings. The summed E-state index contributed by atoms with van der Waals surface area (Å²) in [6.07, 6.45) is 0. The van der Waals surface area contributed by atoms with Gasteiger partial charge in [0, 0.05) is 11.0 Å². The molecule has 5 heteroatoms. The van der Waals surface area contributed by atoms with Crippen molar-refractivity contribution >= 4 is 28.5 Å². The van der Waals surface area contributed by atoms with Crippen molar-refractivity contribution in [3.8, 4) is 0 Å². The van der Waals surface area contributed by atoms with Gasteiger partial charge in [-0.05, 0) is 0 Å². The fourth-order valence-corrected chi connectivity index (χ4v) is 1.11. The molecule has 0 aliphatic carbocycles. The van der Waals surface area contributed by atoms with Gasteiger partial charge in [-0.2, -0.15) is 0 Å². The Morgan fingerprint density at radius 2 is 2.62 bits per heavy atom. The molecule has 1 heterocycles. The first-order chi connectivity index (χ1) is 3.84. The topological polar surface area (TPSA) is 29.5 Å². The monoisotopic (exact) mass is 151 g/mol. The van der Waals surface area contributed by atoms with Crippen molar-refractivity contribution in [2.24, 2.45) is 0 Å². The fourth-order valence-electron chi connectivity index (χ4n) is 0.429. The third-order valence-corrected chi connectivity index (χ3v) is 1.91. The lowest BCUT2D eigenvalue weighted by Gasteiger charge is -2.04. The van der Waals surface area contributed by atoms with Crippen molar-refractivity contribution in [3.63, 3.8) is 0 Å². The zero-order chi connectivity index (χ0) is 5.98. The molecule has 46 valence electrons. The van der Waals surface area contributed by atoms with Crippen LogP contribution in [-0.4, -0.2) is 23.6 Å². The summed E-state index contributed by atoms with van der Waals surface area (Å²) in [5.41, 5.74) is 0. The summed E-state index contributed by atoms with van der Waals surface area (Å²) in [5.74, 6) is -0.00926. The van der Waals surface area contributed by atoms with Crippen LogP contribution in [0.2, 0.25) is 0 Å². The fraction of sp³-hybridized carbons (Fsp3) is 0.667. The summed E-state index contributed by atoms with van der Waals surface area (Å²) >= 11 is 3.82. The van der Waals surface area contributed by atoms with E-state index >= 15 is 0 Å².